The van der Waals surface area contributed by atoms with Crippen molar-refractivity contribution < 1.29 is 4.79 Å². The Morgan fingerprint density at radius 1 is 1.50 bits per heavy atom. The van der Waals surface area contributed by atoms with Gasteiger partial charge in [-0.15, -0.1) is 16.8 Å². The van der Waals surface area contributed by atoms with E-state index in [4.69, 9.17) is 0 Å². The third-order valence-electron chi connectivity index (χ3n) is 3.21. The number of anilines is 1. The molecule has 2 aromatic rings. The molecule has 0 spiro atoms. The van der Waals surface area contributed by atoms with E-state index in [0.29, 0.717) is 11.7 Å². The molecule has 0 aliphatic carbocycles. The highest BCUT2D eigenvalue weighted by Gasteiger charge is 2.18. The van der Waals surface area contributed by atoms with E-state index in [2.05, 4.69) is 22.1 Å². The molecular formula is C16H20N4OS. The Morgan fingerprint density at radius 3 is 3.00 bits per heavy atom. The molecule has 1 N–H and O–H groups in total. The monoisotopic (exact) mass is 316 g/mol. The highest BCUT2D eigenvalue weighted by Crippen LogP contribution is 2.23. The number of hydrogen-bond donors (Lipinski definition) is 1. The van der Waals surface area contributed by atoms with Crippen LogP contribution in [0.1, 0.15) is 18.1 Å². The Labute approximate surface area is 134 Å². The first-order chi connectivity index (χ1) is 10.5. The fraction of sp³-hybridized carbons (Fsp3) is 0.312. The number of benzene rings is 1. The van der Waals surface area contributed by atoms with Gasteiger partial charge in [0.05, 0.1) is 5.25 Å². The number of hydrogen-bond acceptors (Lipinski definition) is 4. The molecule has 116 valence electrons. The molecule has 0 aliphatic heterocycles. The fourth-order valence-corrected chi connectivity index (χ4v) is 2.75. The molecule has 0 saturated heterocycles. The van der Waals surface area contributed by atoms with Crippen molar-refractivity contribution in [2.45, 2.75) is 37.7 Å². The van der Waals surface area contributed by atoms with Gasteiger partial charge >= 0.3 is 0 Å². The summed E-state index contributed by atoms with van der Waals surface area (Å²) in [4.78, 5) is 12.4. The molecule has 1 heterocycles. The second-order valence-electron chi connectivity index (χ2n) is 5.12. The Hall–Kier alpha value is -2.08. The van der Waals surface area contributed by atoms with Gasteiger partial charge in [-0.2, -0.15) is 0 Å². The molecule has 5 nitrogen and oxygen atoms in total. The zero-order valence-electron chi connectivity index (χ0n) is 13.0. The first-order valence-corrected chi connectivity index (χ1v) is 7.92. The van der Waals surface area contributed by atoms with E-state index in [9.17, 15) is 4.79 Å². The van der Waals surface area contributed by atoms with E-state index in [-0.39, 0.29) is 11.2 Å². The van der Waals surface area contributed by atoms with E-state index in [1.165, 1.54) is 11.8 Å². The second-order valence-corrected chi connectivity index (χ2v) is 6.43. The van der Waals surface area contributed by atoms with Gasteiger partial charge in [0, 0.05) is 12.2 Å². The van der Waals surface area contributed by atoms with Crippen LogP contribution >= 0.6 is 11.8 Å². The van der Waals surface area contributed by atoms with E-state index >= 15 is 0 Å². The SMILES string of the molecule is C=CCn1cnnc1S[C@H](C)C(=O)Nc1cc(C)ccc1C. The minimum Gasteiger partial charge on any atom is -0.325 e. The molecule has 0 aliphatic rings. The zero-order valence-corrected chi connectivity index (χ0v) is 13.9. The second kappa shape index (κ2) is 7.26. The molecule has 0 unspecified atom stereocenters. The molecule has 0 fully saturated rings. The van der Waals surface area contributed by atoms with Gasteiger partial charge in [-0.1, -0.05) is 30.0 Å². The maximum absolute atomic E-state index is 12.4. The number of nitrogens with one attached hydrogen (secondary N) is 1. The molecule has 6 heteroatoms. The number of aryl methyl sites for hydroxylation is 2. The number of thioether (sulfide) groups is 1. The normalized spacial score (nSPS) is 12.0. The molecule has 1 amide bonds. The van der Waals surface area contributed by atoms with Gasteiger partial charge in [0.25, 0.3) is 0 Å². The van der Waals surface area contributed by atoms with Gasteiger partial charge in [-0.3, -0.25) is 4.79 Å². The summed E-state index contributed by atoms with van der Waals surface area (Å²) in [6, 6.07) is 6.01. The number of rotatable bonds is 6. The summed E-state index contributed by atoms with van der Waals surface area (Å²) in [6.45, 7) is 10.2. The third kappa shape index (κ3) is 3.98. The van der Waals surface area contributed by atoms with Crippen molar-refractivity contribution in [3.05, 3.63) is 48.3 Å². The molecule has 0 saturated carbocycles. The Kier molecular flexibility index (Phi) is 5.38. The van der Waals surface area contributed by atoms with Crippen molar-refractivity contribution in [1.29, 1.82) is 0 Å². The van der Waals surface area contributed by atoms with Crippen LogP contribution < -0.4 is 5.32 Å². The van der Waals surface area contributed by atoms with Gasteiger partial charge in [0.2, 0.25) is 5.91 Å². The van der Waals surface area contributed by atoms with Crippen molar-refractivity contribution in [1.82, 2.24) is 14.8 Å². The Bertz CT molecular complexity index is 681. The van der Waals surface area contributed by atoms with Crippen LogP contribution in [-0.2, 0) is 11.3 Å². The largest absolute Gasteiger partial charge is 0.325 e. The molecular weight excluding hydrogens is 296 g/mol. The summed E-state index contributed by atoms with van der Waals surface area (Å²) in [5.41, 5.74) is 3.02. The van der Waals surface area contributed by atoms with Crippen LogP contribution in [0.4, 0.5) is 5.69 Å². The predicted octanol–water partition coefficient (Wildman–Crippen LogP) is 3.20. The van der Waals surface area contributed by atoms with Crippen molar-refractivity contribution in [3.63, 3.8) is 0 Å². The van der Waals surface area contributed by atoms with Crippen molar-refractivity contribution in [2.75, 3.05) is 5.32 Å². The van der Waals surface area contributed by atoms with Crippen LogP contribution in [0, 0.1) is 13.8 Å². The van der Waals surface area contributed by atoms with Gasteiger partial charge < -0.3 is 9.88 Å². The van der Waals surface area contributed by atoms with E-state index < -0.39 is 0 Å². The Morgan fingerprint density at radius 2 is 2.27 bits per heavy atom. The lowest BCUT2D eigenvalue weighted by Crippen LogP contribution is -2.23. The van der Waals surface area contributed by atoms with Crippen molar-refractivity contribution >= 4 is 23.4 Å². The smallest absolute Gasteiger partial charge is 0.237 e. The van der Waals surface area contributed by atoms with Crippen molar-refractivity contribution in [2.24, 2.45) is 0 Å². The lowest BCUT2D eigenvalue weighted by molar-refractivity contribution is -0.115. The van der Waals surface area contributed by atoms with Crippen LogP contribution in [0.3, 0.4) is 0 Å². The summed E-state index contributed by atoms with van der Waals surface area (Å²) in [6.07, 6.45) is 3.41. The number of allylic oxidation sites excluding steroid dienone is 1. The third-order valence-corrected chi connectivity index (χ3v) is 4.30. The zero-order chi connectivity index (χ0) is 16.1. The Balaban J connectivity index is 2.04. The van der Waals surface area contributed by atoms with Crippen LogP contribution in [-0.4, -0.2) is 25.9 Å². The average molecular weight is 316 g/mol. The summed E-state index contributed by atoms with van der Waals surface area (Å²) < 4.78 is 1.86. The van der Waals surface area contributed by atoms with Crippen LogP contribution in [0.15, 0.2) is 42.3 Å². The fourth-order valence-electron chi connectivity index (χ4n) is 1.92. The lowest BCUT2D eigenvalue weighted by atomic mass is 10.1. The van der Waals surface area contributed by atoms with Gasteiger partial charge in [0.15, 0.2) is 5.16 Å². The number of amides is 1. The molecule has 2 rings (SSSR count). The van der Waals surface area contributed by atoms with Gasteiger partial charge in [-0.25, -0.2) is 0 Å². The summed E-state index contributed by atoms with van der Waals surface area (Å²) in [5, 5.41) is 11.3. The molecule has 1 aromatic heterocycles. The molecule has 1 aromatic carbocycles. The maximum atomic E-state index is 12.4. The molecule has 0 bridgehead atoms. The predicted molar refractivity (Wildman–Crippen MR) is 90.1 cm³/mol. The first kappa shape index (κ1) is 16.3. The van der Waals surface area contributed by atoms with E-state index in [1.807, 2.05) is 43.5 Å². The quantitative estimate of drug-likeness (QED) is 0.657. The standard InChI is InChI=1S/C16H20N4OS/c1-5-8-20-10-17-19-16(20)22-13(4)15(21)18-14-9-11(2)6-7-12(14)3/h5-7,9-10,13H,1,8H2,2-4H3,(H,18,21)/t13-/m1/s1. The molecule has 1 atom stereocenters. The van der Waals surface area contributed by atoms with Crippen LogP contribution in [0.2, 0.25) is 0 Å². The topological polar surface area (TPSA) is 59.8 Å². The molecule has 22 heavy (non-hydrogen) atoms. The number of carbonyl (C=O) groups excluding carboxylic acids is 1. The lowest BCUT2D eigenvalue weighted by Gasteiger charge is -2.14. The van der Waals surface area contributed by atoms with Crippen LogP contribution in [0.25, 0.3) is 0 Å². The minimum atomic E-state index is -0.271. The van der Waals surface area contributed by atoms with Gasteiger partial charge in [-0.05, 0) is 38.0 Å². The summed E-state index contributed by atoms with van der Waals surface area (Å²) in [5.74, 6) is -0.0492. The highest BCUT2D eigenvalue weighted by molar-refractivity contribution is 8.00. The summed E-state index contributed by atoms with van der Waals surface area (Å²) >= 11 is 1.38. The average Bonchev–Trinajstić information content (AvgIpc) is 2.90. The molecule has 0 radical (unpaired) electrons. The minimum absolute atomic E-state index is 0.0492. The van der Waals surface area contributed by atoms with E-state index in [0.717, 1.165) is 16.8 Å². The van der Waals surface area contributed by atoms with Crippen LogP contribution in [0.5, 0.6) is 0 Å². The maximum Gasteiger partial charge on any atom is 0.237 e. The first-order valence-electron chi connectivity index (χ1n) is 7.04. The number of nitrogens with zero attached hydrogens (tertiary/aromatic N) is 3. The van der Waals surface area contributed by atoms with Crippen molar-refractivity contribution in [3.8, 4) is 0 Å². The van der Waals surface area contributed by atoms with Gasteiger partial charge in [0.1, 0.15) is 6.33 Å². The van der Waals surface area contributed by atoms with E-state index in [1.54, 1.807) is 12.4 Å². The number of carbonyl (C=O) groups is 1. The number of aromatic nitrogens is 3. The highest BCUT2D eigenvalue weighted by atomic mass is 32.2. The summed E-state index contributed by atoms with van der Waals surface area (Å²) in [7, 11) is 0.